The molecule has 136 valence electrons. The summed E-state index contributed by atoms with van der Waals surface area (Å²) in [6.45, 7) is 8.56. The van der Waals surface area contributed by atoms with Crippen LogP contribution in [0.25, 0.3) is 0 Å². The highest BCUT2D eigenvalue weighted by Gasteiger charge is 2.36. The first-order valence-electron chi connectivity index (χ1n) is 9.62. The minimum atomic E-state index is -0.157. The highest BCUT2D eigenvalue weighted by molar-refractivity contribution is 5.91. The molecule has 1 aliphatic carbocycles. The average Bonchev–Trinajstić information content (AvgIpc) is 2.52. The number of carbonyl (C=O) groups is 2. The zero-order chi connectivity index (χ0) is 17.6. The molecule has 2 fully saturated rings. The number of amides is 2. The summed E-state index contributed by atoms with van der Waals surface area (Å²) in [6, 6.07) is 0. The van der Waals surface area contributed by atoms with E-state index in [0.717, 1.165) is 70.3 Å². The summed E-state index contributed by atoms with van der Waals surface area (Å²) in [7, 11) is 0. The van der Waals surface area contributed by atoms with E-state index < -0.39 is 0 Å². The average molecular weight is 335 g/mol. The van der Waals surface area contributed by atoms with Crippen LogP contribution in [0.5, 0.6) is 0 Å². The summed E-state index contributed by atoms with van der Waals surface area (Å²) in [6.07, 6.45) is 8.99. The Morgan fingerprint density at radius 1 is 1.29 bits per heavy atom. The topological polar surface area (TPSA) is 53.0 Å². The molecule has 0 aromatic carbocycles. The maximum Gasteiger partial charge on any atom is 0.225 e. The van der Waals surface area contributed by atoms with Gasteiger partial charge in [0.1, 0.15) is 5.84 Å². The van der Waals surface area contributed by atoms with E-state index in [4.69, 9.17) is 4.99 Å². The van der Waals surface area contributed by atoms with Crippen LogP contribution in [0.1, 0.15) is 72.1 Å². The van der Waals surface area contributed by atoms with Crippen LogP contribution >= 0.6 is 0 Å². The molecule has 0 atom stereocenters. The second-order valence-electron chi connectivity index (χ2n) is 7.47. The van der Waals surface area contributed by atoms with Gasteiger partial charge >= 0.3 is 0 Å². The van der Waals surface area contributed by atoms with Gasteiger partial charge in [0.2, 0.25) is 12.3 Å². The SMILES string of the molecule is CCCCC(=NC1(C)CCN(C(=O)C2CCC2)CC1)N(C=O)CC. The molecule has 24 heavy (non-hydrogen) atoms. The predicted molar refractivity (Wildman–Crippen MR) is 97.0 cm³/mol. The Morgan fingerprint density at radius 3 is 2.42 bits per heavy atom. The molecule has 5 heteroatoms. The molecule has 0 bridgehead atoms. The first-order chi connectivity index (χ1) is 11.5. The van der Waals surface area contributed by atoms with E-state index >= 15 is 0 Å². The highest BCUT2D eigenvalue weighted by atomic mass is 16.2. The van der Waals surface area contributed by atoms with Crippen LogP contribution in [-0.2, 0) is 9.59 Å². The molecule has 0 unspecified atom stereocenters. The van der Waals surface area contributed by atoms with E-state index in [0.29, 0.717) is 12.5 Å². The van der Waals surface area contributed by atoms with Crippen molar-refractivity contribution in [2.24, 2.45) is 10.9 Å². The number of piperidine rings is 1. The van der Waals surface area contributed by atoms with Crippen molar-refractivity contribution in [1.82, 2.24) is 9.80 Å². The third-order valence-corrected chi connectivity index (χ3v) is 5.56. The molecule has 5 nitrogen and oxygen atoms in total. The lowest BCUT2D eigenvalue weighted by Gasteiger charge is -2.40. The third-order valence-electron chi connectivity index (χ3n) is 5.56. The Hall–Kier alpha value is -1.39. The molecule has 0 N–H and O–H groups in total. The fourth-order valence-electron chi connectivity index (χ4n) is 3.46. The fraction of sp³-hybridized carbons (Fsp3) is 0.842. The van der Waals surface area contributed by atoms with E-state index in [1.54, 1.807) is 4.90 Å². The van der Waals surface area contributed by atoms with Crippen molar-refractivity contribution in [2.45, 2.75) is 77.7 Å². The number of aliphatic imine (C=N–C) groups is 1. The lowest BCUT2D eigenvalue weighted by molar-refractivity contribution is -0.139. The largest absolute Gasteiger partial charge is 0.342 e. The van der Waals surface area contributed by atoms with Gasteiger partial charge in [0.05, 0.1) is 5.54 Å². The maximum atomic E-state index is 12.4. The Balaban J connectivity index is 2.00. The van der Waals surface area contributed by atoms with Crippen molar-refractivity contribution in [1.29, 1.82) is 0 Å². The molecule has 1 aliphatic heterocycles. The van der Waals surface area contributed by atoms with Crippen molar-refractivity contribution in [3.8, 4) is 0 Å². The third kappa shape index (κ3) is 4.58. The molecular formula is C19H33N3O2. The molecule has 1 saturated heterocycles. The zero-order valence-electron chi connectivity index (χ0n) is 15.6. The highest BCUT2D eigenvalue weighted by Crippen LogP contribution is 2.32. The minimum Gasteiger partial charge on any atom is -0.342 e. The number of hydrogen-bond donors (Lipinski definition) is 0. The van der Waals surface area contributed by atoms with Crippen LogP contribution in [0, 0.1) is 5.92 Å². The van der Waals surface area contributed by atoms with Crippen LogP contribution in [0.3, 0.4) is 0 Å². The Morgan fingerprint density at radius 2 is 1.96 bits per heavy atom. The van der Waals surface area contributed by atoms with Crippen molar-refractivity contribution in [3.63, 3.8) is 0 Å². The lowest BCUT2D eigenvalue weighted by atomic mass is 9.83. The summed E-state index contributed by atoms with van der Waals surface area (Å²) in [5.41, 5.74) is -0.157. The van der Waals surface area contributed by atoms with Crippen molar-refractivity contribution >= 4 is 18.2 Å². The molecule has 1 saturated carbocycles. The minimum absolute atomic E-state index is 0.157. The monoisotopic (exact) mass is 335 g/mol. The first-order valence-corrected chi connectivity index (χ1v) is 9.62. The Bertz CT molecular complexity index is 463. The quantitative estimate of drug-likeness (QED) is 0.407. The lowest BCUT2D eigenvalue weighted by Crippen LogP contribution is -2.48. The molecule has 0 aromatic rings. The van der Waals surface area contributed by atoms with Gasteiger partial charge in [-0.15, -0.1) is 0 Å². The van der Waals surface area contributed by atoms with Crippen LogP contribution in [-0.4, -0.2) is 53.1 Å². The number of amidine groups is 1. The second kappa shape index (κ2) is 8.63. The van der Waals surface area contributed by atoms with Gasteiger partial charge in [-0.05, 0) is 46.0 Å². The van der Waals surface area contributed by atoms with Gasteiger partial charge < -0.3 is 9.80 Å². The van der Waals surface area contributed by atoms with Gasteiger partial charge in [-0.3, -0.25) is 14.6 Å². The number of carbonyl (C=O) groups excluding carboxylic acids is 2. The number of rotatable bonds is 7. The van der Waals surface area contributed by atoms with Crippen molar-refractivity contribution in [2.75, 3.05) is 19.6 Å². The first kappa shape index (κ1) is 18.9. The van der Waals surface area contributed by atoms with Gasteiger partial charge in [-0.25, -0.2) is 0 Å². The summed E-state index contributed by atoms with van der Waals surface area (Å²) in [4.78, 5) is 32.5. The molecule has 2 aliphatic rings. The van der Waals surface area contributed by atoms with Gasteiger partial charge in [0.15, 0.2) is 0 Å². The molecule has 0 spiro atoms. The number of unbranched alkanes of at least 4 members (excludes halogenated alkanes) is 1. The van der Waals surface area contributed by atoms with E-state index in [9.17, 15) is 9.59 Å². The van der Waals surface area contributed by atoms with Gasteiger partial charge in [0, 0.05) is 32.0 Å². The van der Waals surface area contributed by atoms with Gasteiger partial charge in [0.25, 0.3) is 0 Å². The van der Waals surface area contributed by atoms with Crippen LogP contribution in [0.4, 0.5) is 0 Å². The smallest absolute Gasteiger partial charge is 0.225 e. The summed E-state index contributed by atoms with van der Waals surface area (Å²) < 4.78 is 0. The zero-order valence-corrected chi connectivity index (χ0v) is 15.6. The Labute approximate surface area is 146 Å². The van der Waals surface area contributed by atoms with Crippen LogP contribution in [0.2, 0.25) is 0 Å². The van der Waals surface area contributed by atoms with E-state index in [1.165, 1.54) is 6.42 Å². The summed E-state index contributed by atoms with van der Waals surface area (Å²) >= 11 is 0. The standard InChI is InChI=1S/C19H33N3O2/c1-4-6-10-17(21(5-2)15-23)20-19(3)11-13-22(14-12-19)18(24)16-8-7-9-16/h15-16H,4-14H2,1-3H3. The number of nitrogens with zero attached hydrogens (tertiary/aromatic N) is 3. The maximum absolute atomic E-state index is 12.4. The van der Waals surface area contributed by atoms with Crippen molar-refractivity contribution < 1.29 is 9.59 Å². The molecule has 0 aromatic heterocycles. The van der Waals surface area contributed by atoms with Gasteiger partial charge in [-0.2, -0.15) is 0 Å². The van der Waals surface area contributed by atoms with Crippen LogP contribution < -0.4 is 0 Å². The Kier molecular flexibility index (Phi) is 6.81. The summed E-state index contributed by atoms with van der Waals surface area (Å²) in [5.74, 6) is 1.54. The molecular weight excluding hydrogens is 302 g/mol. The predicted octanol–water partition coefficient (Wildman–Crippen LogP) is 3.23. The van der Waals surface area contributed by atoms with E-state index in [-0.39, 0.29) is 11.5 Å². The second-order valence-corrected chi connectivity index (χ2v) is 7.47. The number of likely N-dealkylation sites (tertiary alicyclic amines) is 1. The normalized spacial score (nSPS) is 21.3. The molecule has 1 heterocycles. The van der Waals surface area contributed by atoms with Crippen LogP contribution in [0.15, 0.2) is 4.99 Å². The molecule has 2 rings (SSSR count). The number of hydrogen-bond acceptors (Lipinski definition) is 3. The van der Waals surface area contributed by atoms with E-state index in [2.05, 4.69) is 13.8 Å². The molecule has 2 amide bonds. The fourth-order valence-corrected chi connectivity index (χ4v) is 3.46. The van der Waals surface area contributed by atoms with Gasteiger partial charge in [-0.1, -0.05) is 19.8 Å². The van der Waals surface area contributed by atoms with Crippen molar-refractivity contribution in [3.05, 3.63) is 0 Å². The van der Waals surface area contributed by atoms with E-state index in [1.807, 2.05) is 11.8 Å². The molecule has 0 radical (unpaired) electrons. The summed E-state index contributed by atoms with van der Waals surface area (Å²) in [5, 5.41) is 0.